The molecular formula is C29H36BrN2O3P. The molecule has 5 nitrogen and oxygen atoms in total. The van der Waals surface area contributed by atoms with Gasteiger partial charge in [0.15, 0.2) is 0 Å². The van der Waals surface area contributed by atoms with Crippen LogP contribution < -0.4 is 26.5 Å². The van der Waals surface area contributed by atoms with E-state index in [1.54, 1.807) is 0 Å². The molecule has 0 saturated carbocycles. The van der Waals surface area contributed by atoms with Crippen molar-refractivity contribution < 1.29 is 14.3 Å². The van der Waals surface area contributed by atoms with Gasteiger partial charge in [0, 0.05) is 0 Å². The Morgan fingerprint density at radius 3 is 1.58 bits per heavy atom. The van der Waals surface area contributed by atoms with Crippen LogP contribution in [0.5, 0.6) is 0 Å². The molecule has 3 rings (SSSR count). The predicted octanol–water partition coefficient (Wildman–Crippen LogP) is 5.25. The summed E-state index contributed by atoms with van der Waals surface area (Å²) in [5, 5.41) is 6.27. The SMILES string of the molecule is CC(C)(C)OC(=O)NCCNC(=O)CCCP(Br)(c1ccccc1)(c1ccccc1)c1ccccc1. The quantitative estimate of drug-likeness (QED) is 0.258. The molecule has 3 aromatic rings. The van der Waals surface area contributed by atoms with E-state index in [0.29, 0.717) is 25.9 Å². The maximum absolute atomic E-state index is 12.7. The molecule has 2 N–H and O–H groups in total. The minimum absolute atomic E-state index is 0.0345. The number of halogens is 1. The van der Waals surface area contributed by atoms with Crippen LogP contribution >= 0.6 is 20.8 Å². The van der Waals surface area contributed by atoms with Crippen molar-refractivity contribution in [3.8, 4) is 0 Å². The average molecular weight is 571 g/mol. The Morgan fingerprint density at radius 2 is 1.17 bits per heavy atom. The molecule has 192 valence electrons. The molecular weight excluding hydrogens is 535 g/mol. The van der Waals surface area contributed by atoms with Crippen LogP contribution in [0.25, 0.3) is 0 Å². The predicted molar refractivity (Wildman–Crippen MR) is 155 cm³/mol. The summed E-state index contributed by atoms with van der Waals surface area (Å²) < 4.78 is 5.22. The standard InChI is InChI=1S/C29H36BrN2O3P/c1-29(2,3)35-28(34)32-22-21-31-27(33)20-13-23-36(30,24-14-7-4-8-15-24,25-16-9-5-10-17-25)26-18-11-6-12-19-26/h4-12,14-19H,13,20-23H2,1-3H3,(H,31,33)(H,32,34). The van der Waals surface area contributed by atoms with Gasteiger partial charge in [0.1, 0.15) is 0 Å². The number of hydrogen-bond acceptors (Lipinski definition) is 3. The number of carbonyl (C=O) groups excluding carboxylic acids is 2. The van der Waals surface area contributed by atoms with Crippen molar-refractivity contribution in [1.82, 2.24) is 10.6 Å². The molecule has 2 amide bonds. The first-order valence-corrected chi connectivity index (χ1v) is 16.7. The fraction of sp³-hybridized carbons (Fsp3) is 0.310. The zero-order valence-corrected chi connectivity index (χ0v) is 23.7. The van der Waals surface area contributed by atoms with Gasteiger partial charge in [-0.3, -0.25) is 0 Å². The summed E-state index contributed by atoms with van der Waals surface area (Å²) in [5.74, 6) is -0.0345. The molecule has 0 saturated heterocycles. The Bertz CT molecular complexity index is 1040. The van der Waals surface area contributed by atoms with Gasteiger partial charge in [-0.05, 0) is 0 Å². The second kappa shape index (κ2) is 12.0. The van der Waals surface area contributed by atoms with E-state index < -0.39 is 17.0 Å². The van der Waals surface area contributed by atoms with Gasteiger partial charge in [-0.25, -0.2) is 0 Å². The molecule has 0 bridgehead atoms. The molecule has 0 fully saturated rings. The summed E-state index contributed by atoms with van der Waals surface area (Å²) >= 11 is 4.41. The van der Waals surface area contributed by atoms with Gasteiger partial charge >= 0.3 is 223 Å². The molecule has 0 aliphatic heterocycles. The Labute approximate surface area is 222 Å². The van der Waals surface area contributed by atoms with Crippen LogP contribution in [-0.2, 0) is 9.53 Å². The Balaban J connectivity index is 1.74. The van der Waals surface area contributed by atoms with E-state index in [9.17, 15) is 9.59 Å². The summed E-state index contributed by atoms with van der Waals surface area (Å²) in [6, 6.07) is 31.7. The monoisotopic (exact) mass is 570 g/mol. The molecule has 0 spiro atoms. The molecule has 3 aromatic carbocycles. The minimum atomic E-state index is -3.02. The number of amides is 2. The van der Waals surface area contributed by atoms with Crippen LogP contribution in [0.2, 0.25) is 0 Å². The normalized spacial score (nSPS) is 12.7. The van der Waals surface area contributed by atoms with Crippen LogP contribution in [0.15, 0.2) is 91.0 Å². The third-order valence-electron chi connectivity index (χ3n) is 5.98. The zero-order chi connectivity index (χ0) is 26.1. The molecule has 7 heteroatoms. The van der Waals surface area contributed by atoms with Crippen LogP contribution in [0.4, 0.5) is 4.79 Å². The molecule has 0 aliphatic carbocycles. The number of alkyl carbamates (subject to hydrolysis) is 1. The molecule has 0 aliphatic rings. The van der Waals surface area contributed by atoms with Gasteiger partial charge in [0.05, 0.1) is 0 Å². The average Bonchev–Trinajstić information content (AvgIpc) is 2.87. The first-order valence-electron chi connectivity index (χ1n) is 12.3. The van der Waals surface area contributed by atoms with Crippen LogP contribution in [0, 0.1) is 0 Å². The van der Waals surface area contributed by atoms with E-state index in [1.807, 2.05) is 39.0 Å². The molecule has 0 radical (unpaired) electrons. The van der Waals surface area contributed by atoms with Crippen molar-refractivity contribution in [3.05, 3.63) is 91.0 Å². The second-order valence-electron chi connectivity index (χ2n) is 9.80. The van der Waals surface area contributed by atoms with Gasteiger partial charge in [0.2, 0.25) is 0 Å². The third kappa shape index (κ3) is 6.74. The molecule has 0 unspecified atom stereocenters. The van der Waals surface area contributed by atoms with Gasteiger partial charge in [-0.15, -0.1) is 0 Å². The number of carbonyl (C=O) groups is 2. The number of rotatable bonds is 10. The van der Waals surface area contributed by atoms with Crippen LogP contribution in [0.1, 0.15) is 33.6 Å². The molecule has 36 heavy (non-hydrogen) atoms. The number of hydrogen-bond donors (Lipinski definition) is 2. The van der Waals surface area contributed by atoms with Crippen molar-refractivity contribution in [1.29, 1.82) is 0 Å². The van der Waals surface area contributed by atoms with E-state index in [2.05, 4.69) is 98.9 Å². The number of benzene rings is 3. The van der Waals surface area contributed by atoms with Crippen molar-refractivity contribution in [3.63, 3.8) is 0 Å². The summed E-state index contributed by atoms with van der Waals surface area (Å²) in [6.45, 7) is 6.11. The Morgan fingerprint density at radius 1 is 0.750 bits per heavy atom. The maximum atomic E-state index is 12.7. The van der Waals surface area contributed by atoms with E-state index in [-0.39, 0.29) is 5.91 Å². The molecule has 0 atom stereocenters. The summed E-state index contributed by atoms with van der Waals surface area (Å²) in [7, 11) is 0. The van der Waals surface area contributed by atoms with Gasteiger partial charge in [0.25, 0.3) is 0 Å². The Kier molecular flexibility index (Phi) is 9.32. The van der Waals surface area contributed by atoms with Gasteiger partial charge in [-0.2, -0.15) is 0 Å². The van der Waals surface area contributed by atoms with E-state index in [4.69, 9.17) is 4.74 Å². The molecule has 0 aromatic heterocycles. The van der Waals surface area contributed by atoms with Gasteiger partial charge in [-0.1, -0.05) is 0 Å². The third-order valence-corrected chi connectivity index (χ3v) is 16.0. The summed E-state index contributed by atoms with van der Waals surface area (Å²) in [6.07, 6.45) is 1.41. The fourth-order valence-electron chi connectivity index (χ4n) is 4.36. The number of ether oxygens (including phenoxy) is 1. The van der Waals surface area contributed by atoms with E-state index in [0.717, 1.165) is 6.16 Å². The summed E-state index contributed by atoms with van der Waals surface area (Å²) in [4.78, 5) is 24.4. The fourth-order valence-corrected chi connectivity index (χ4v) is 12.0. The van der Waals surface area contributed by atoms with Crippen molar-refractivity contribution in [2.24, 2.45) is 0 Å². The van der Waals surface area contributed by atoms with Crippen molar-refractivity contribution in [2.45, 2.75) is 39.2 Å². The van der Waals surface area contributed by atoms with Gasteiger partial charge < -0.3 is 0 Å². The zero-order valence-electron chi connectivity index (χ0n) is 21.2. The molecule has 0 heterocycles. The summed E-state index contributed by atoms with van der Waals surface area (Å²) in [5.41, 5.74) is -0.550. The van der Waals surface area contributed by atoms with Crippen molar-refractivity contribution >= 4 is 48.7 Å². The van der Waals surface area contributed by atoms with Crippen LogP contribution in [0.3, 0.4) is 0 Å². The van der Waals surface area contributed by atoms with Crippen molar-refractivity contribution in [2.75, 3.05) is 19.3 Å². The first kappa shape index (κ1) is 27.9. The van der Waals surface area contributed by atoms with E-state index in [1.165, 1.54) is 15.9 Å². The first-order chi connectivity index (χ1) is 17.1. The second-order valence-corrected chi connectivity index (χ2v) is 18.9. The topological polar surface area (TPSA) is 67.4 Å². The Hall–Kier alpha value is -2.69. The van der Waals surface area contributed by atoms with Crippen LogP contribution in [-0.4, -0.2) is 36.9 Å². The number of nitrogens with one attached hydrogen (secondary N) is 2. The van der Waals surface area contributed by atoms with E-state index >= 15 is 0 Å².